The van der Waals surface area contributed by atoms with E-state index in [1.165, 1.54) is 9.36 Å². The number of nitrogens with zero attached hydrogens (tertiary/aromatic N) is 7. The third-order valence-electron chi connectivity index (χ3n) is 6.97. The third-order valence-corrected chi connectivity index (χ3v) is 6.97. The first-order valence-corrected chi connectivity index (χ1v) is 16.9. The predicted octanol–water partition coefficient (Wildman–Crippen LogP) is 5.97. The Hall–Kier alpha value is -4.17. The van der Waals surface area contributed by atoms with E-state index in [4.69, 9.17) is 4.42 Å². The van der Waals surface area contributed by atoms with Gasteiger partial charge in [0, 0.05) is 41.7 Å². The SMILES string of the molecule is CC(C)c1cn(C(C)C)c(=O)[nH]1.CC(C)c1n[nH]c(=O)n1C(C)C.CC(C)c1nn(C(C)C)c(=O)[nH]1.CC(C)c1nn(C(C)C)c(=O)o1. The normalized spacial score (nSPS) is 11.5. The number of H-pyrrole nitrogens is 3. The van der Waals surface area contributed by atoms with E-state index < -0.39 is 0 Å². The van der Waals surface area contributed by atoms with Crippen molar-refractivity contribution in [3.8, 4) is 0 Å². The lowest BCUT2D eigenvalue weighted by Gasteiger charge is -2.10. The van der Waals surface area contributed by atoms with Crippen LogP contribution in [0.25, 0.3) is 0 Å². The van der Waals surface area contributed by atoms with Crippen LogP contribution in [0.1, 0.15) is 182 Å². The van der Waals surface area contributed by atoms with E-state index >= 15 is 0 Å². The summed E-state index contributed by atoms with van der Waals surface area (Å²) in [7, 11) is 0. The fourth-order valence-corrected chi connectivity index (χ4v) is 4.16. The molecule has 4 rings (SSSR count). The number of aromatic nitrogens is 10. The third kappa shape index (κ3) is 11.8. The molecule has 0 aliphatic rings. The van der Waals surface area contributed by atoms with Crippen molar-refractivity contribution in [2.75, 3.05) is 0 Å². The number of aromatic amines is 3. The molecule has 0 amide bonds. The Labute approximate surface area is 283 Å². The first-order chi connectivity index (χ1) is 22.1. The van der Waals surface area contributed by atoms with E-state index in [1.807, 2.05) is 103 Å². The molecule has 0 radical (unpaired) electrons. The molecular formula is C33H60N10O5. The van der Waals surface area contributed by atoms with Crippen LogP contribution in [0.5, 0.6) is 0 Å². The number of hydrogen-bond donors (Lipinski definition) is 3. The maximum Gasteiger partial charge on any atom is 0.437 e. The van der Waals surface area contributed by atoms with Gasteiger partial charge in [-0.1, -0.05) is 55.4 Å². The van der Waals surface area contributed by atoms with E-state index in [0.29, 0.717) is 11.8 Å². The molecular weight excluding hydrogens is 616 g/mol. The Morgan fingerprint density at radius 2 is 1.15 bits per heavy atom. The molecule has 0 aliphatic heterocycles. The predicted molar refractivity (Wildman–Crippen MR) is 189 cm³/mol. The molecule has 4 aromatic rings. The summed E-state index contributed by atoms with van der Waals surface area (Å²) in [5.41, 5.74) is 0.768. The molecule has 3 N–H and O–H groups in total. The summed E-state index contributed by atoms with van der Waals surface area (Å²) in [6.45, 7) is 31.7. The molecule has 0 aliphatic carbocycles. The molecule has 0 saturated carbocycles. The van der Waals surface area contributed by atoms with Gasteiger partial charge in [0.2, 0.25) is 5.89 Å². The van der Waals surface area contributed by atoms with Crippen molar-refractivity contribution in [2.45, 2.75) is 159 Å². The molecule has 0 unspecified atom stereocenters. The van der Waals surface area contributed by atoms with Crippen LogP contribution in [0.2, 0.25) is 0 Å². The molecule has 0 bridgehead atoms. The van der Waals surface area contributed by atoms with Crippen molar-refractivity contribution in [1.82, 2.24) is 48.9 Å². The Bertz CT molecular complexity index is 1590. The van der Waals surface area contributed by atoms with Gasteiger partial charge in [-0.25, -0.2) is 29.0 Å². The van der Waals surface area contributed by atoms with E-state index in [0.717, 1.165) is 17.3 Å². The number of hydrogen-bond acceptors (Lipinski definition) is 8. The maximum atomic E-state index is 11.3. The number of nitrogens with one attached hydrogen (secondary N) is 3. The lowest BCUT2D eigenvalue weighted by molar-refractivity contribution is 0.421. The van der Waals surface area contributed by atoms with Crippen LogP contribution in [0.4, 0.5) is 0 Å². The molecule has 4 heterocycles. The molecule has 0 fully saturated rings. The smallest absolute Gasteiger partial charge is 0.392 e. The van der Waals surface area contributed by atoms with Crippen molar-refractivity contribution in [1.29, 1.82) is 0 Å². The van der Waals surface area contributed by atoms with Crippen LogP contribution in [-0.2, 0) is 0 Å². The van der Waals surface area contributed by atoms with Gasteiger partial charge in [0.15, 0.2) is 0 Å². The van der Waals surface area contributed by atoms with E-state index in [9.17, 15) is 19.2 Å². The van der Waals surface area contributed by atoms with Gasteiger partial charge < -0.3 is 9.40 Å². The summed E-state index contributed by atoms with van der Waals surface area (Å²) in [6, 6.07) is 0.602. The van der Waals surface area contributed by atoms with E-state index in [2.05, 4.69) is 44.2 Å². The zero-order chi connectivity index (χ0) is 37.2. The van der Waals surface area contributed by atoms with Gasteiger partial charge >= 0.3 is 22.8 Å². The monoisotopic (exact) mass is 676 g/mol. The molecule has 0 aromatic carbocycles. The lowest BCUT2D eigenvalue weighted by Crippen LogP contribution is -2.21. The first kappa shape index (κ1) is 41.9. The van der Waals surface area contributed by atoms with Gasteiger partial charge in [0.05, 0.1) is 12.1 Å². The van der Waals surface area contributed by atoms with Gasteiger partial charge in [0.1, 0.15) is 11.6 Å². The van der Waals surface area contributed by atoms with Crippen molar-refractivity contribution in [2.24, 2.45) is 0 Å². The Kier molecular flexibility index (Phi) is 16.0. The highest BCUT2D eigenvalue weighted by atomic mass is 16.4. The average Bonchev–Trinajstić information content (AvgIpc) is 3.74. The van der Waals surface area contributed by atoms with Gasteiger partial charge in [-0.05, 0) is 61.3 Å². The maximum absolute atomic E-state index is 11.3. The Morgan fingerprint density at radius 3 is 1.42 bits per heavy atom. The molecule has 0 saturated heterocycles. The van der Waals surface area contributed by atoms with Crippen molar-refractivity contribution >= 4 is 0 Å². The molecule has 15 nitrogen and oxygen atoms in total. The Morgan fingerprint density at radius 1 is 0.583 bits per heavy atom. The first-order valence-electron chi connectivity index (χ1n) is 16.9. The van der Waals surface area contributed by atoms with Crippen LogP contribution < -0.4 is 22.8 Å². The summed E-state index contributed by atoms with van der Waals surface area (Å²) < 4.78 is 11.2. The summed E-state index contributed by atoms with van der Waals surface area (Å²) in [6.07, 6.45) is 1.90. The van der Waals surface area contributed by atoms with Gasteiger partial charge in [-0.2, -0.15) is 14.9 Å². The van der Waals surface area contributed by atoms with Crippen LogP contribution in [0.15, 0.2) is 29.8 Å². The average molecular weight is 677 g/mol. The minimum atomic E-state index is -0.367. The van der Waals surface area contributed by atoms with Crippen molar-refractivity contribution in [3.05, 3.63) is 71.4 Å². The number of rotatable bonds is 8. The van der Waals surface area contributed by atoms with E-state index in [1.54, 1.807) is 9.13 Å². The van der Waals surface area contributed by atoms with Gasteiger partial charge in [0.25, 0.3) is 0 Å². The molecule has 272 valence electrons. The highest BCUT2D eigenvalue weighted by Gasteiger charge is 2.14. The fraction of sp³-hybridized carbons (Fsp3) is 0.727. The largest absolute Gasteiger partial charge is 0.437 e. The zero-order valence-corrected chi connectivity index (χ0v) is 31.9. The highest BCUT2D eigenvalue weighted by Crippen LogP contribution is 2.13. The molecule has 48 heavy (non-hydrogen) atoms. The Balaban J connectivity index is 0.000000320. The van der Waals surface area contributed by atoms with Gasteiger partial charge in [-0.15, -0.1) is 5.10 Å². The summed E-state index contributed by atoms with van der Waals surface area (Å²) >= 11 is 0. The van der Waals surface area contributed by atoms with Gasteiger partial charge in [-0.3, -0.25) is 14.1 Å². The van der Waals surface area contributed by atoms with Crippen LogP contribution in [0.3, 0.4) is 0 Å². The van der Waals surface area contributed by atoms with Crippen LogP contribution >= 0.6 is 0 Å². The molecule has 15 heteroatoms. The number of imidazole rings is 1. The van der Waals surface area contributed by atoms with Crippen molar-refractivity contribution in [3.63, 3.8) is 0 Å². The lowest BCUT2D eigenvalue weighted by atomic mass is 10.2. The standard InChI is InChI=1S/C9H16N2O.2C8H15N3O.C8H14N2O2/c1-6(2)8-5-11(7(3)4)9(12)10-8;1-5(2)7-9-10-8(12)11(7)6(3)4;1-5(2)7-9-8(12)11(10-7)6(3)4;1-5(2)7-9-10(6(3)4)8(11)12-7/h5-7H,1-4H3,(H,10,12);5-6H,1-4H3,(H,10,12);5-6H,1-4H3,(H,9,10,12);5-6H,1-4H3. The summed E-state index contributed by atoms with van der Waals surface area (Å²) in [5, 5.41) is 14.6. The van der Waals surface area contributed by atoms with Crippen LogP contribution in [0, 0.1) is 0 Å². The second-order valence-electron chi connectivity index (χ2n) is 14.1. The second kappa shape index (κ2) is 18.4. The summed E-state index contributed by atoms with van der Waals surface area (Å²) in [4.78, 5) is 50.4. The second-order valence-corrected chi connectivity index (χ2v) is 14.1. The fourth-order valence-electron chi connectivity index (χ4n) is 4.16. The molecule has 4 aromatic heterocycles. The quantitative estimate of drug-likeness (QED) is 0.203. The molecule has 0 spiro atoms. The van der Waals surface area contributed by atoms with Crippen LogP contribution in [-0.4, -0.2) is 48.9 Å². The van der Waals surface area contributed by atoms with E-state index in [-0.39, 0.29) is 64.7 Å². The topological polar surface area (TPSA) is 187 Å². The minimum absolute atomic E-state index is 0.00583. The van der Waals surface area contributed by atoms with Crippen molar-refractivity contribution < 1.29 is 4.42 Å². The summed E-state index contributed by atoms with van der Waals surface area (Å²) in [5.74, 6) is 2.84. The minimum Gasteiger partial charge on any atom is -0.392 e. The zero-order valence-electron chi connectivity index (χ0n) is 31.9. The molecule has 0 atom stereocenters. The highest BCUT2D eigenvalue weighted by molar-refractivity contribution is 5.02.